The van der Waals surface area contributed by atoms with Gasteiger partial charge >= 0.3 is 21.6 Å². The van der Waals surface area contributed by atoms with Crippen LogP contribution in [0.15, 0.2) is 24.3 Å². The fourth-order valence-electron chi connectivity index (χ4n) is 2.05. The number of carbonyl (C=O) groups excluding carboxylic acids is 1. The van der Waals surface area contributed by atoms with Crippen molar-refractivity contribution in [3.63, 3.8) is 0 Å². The van der Waals surface area contributed by atoms with E-state index >= 15 is 0 Å². The summed E-state index contributed by atoms with van der Waals surface area (Å²) >= 11 is 0. The molecule has 6 nitrogen and oxygen atoms in total. The molecule has 1 unspecified atom stereocenters. The molecule has 128 valence electrons. The zero-order chi connectivity index (χ0) is 17.7. The van der Waals surface area contributed by atoms with Crippen LogP contribution in [0.3, 0.4) is 0 Å². The molecule has 23 heavy (non-hydrogen) atoms. The van der Waals surface area contributed by atoms with Crippen molar-refractivity contribution in [2.24, 2.45) is 0 Å². The number of esters is 1. The molecule has 1 aromatic carbocycles. The zero-order valence-electron chi connectivity index (χ0n) is 12.3. The van der Waals surface area contributed by atoms with Gasteiger partial charge in [-0.15, -0.1) is 0 Å². The molecular weight excluding hydrogens is 341 g/mol. The SMILES string of the molecule is CC1(C)OC(=O)C(C)(c2ccc(OS(=O)(=O)C(F)(F)F)cc2)O1. The third-order valence-electron chi connectivity index (χ3n) is 3.07. The number of halogens is 3. The molecule has 2 rings (SSSR count). The van der Waals surface area contributed by atoms with Crippen molar-refractivity contribution in [1.29, 1.82) is 0 Å². The van der Waals surface area contributed by atoms with Crippen molar-refractivity contribution in [2.45, 2.75) is 37.7 Å². The Balaban J connectivity index is 2.26. The highest BCUT2D eigenvalue weighted by atomic mass is 32.2. The summed E-state index contributed by atoms with van der Waals surface area (Å²) in [4.78, 5) is 11.9. The summed E-state index contributed by atoms with van der Waals surface area (Å²) in [7, 11) is -5.75. The first-order chi connectivity index (χ1) is 10.3. The van der Waals surface area contributed by atoms with Gasteiger partial charge in [0, 0.05) is 13.8 Å². The second-order valence-corrected chi connectivity index (χ2v) is 6.97. The molecule has 0 saturated carbocycles. The summed E-state index contributed by atoms with van der Waals surface area (Å²) in [6, 6.07) is 4.44. The Kier molecular flexibility index (Phi) is 3.89. The van der Waals surface area contributed by atoms with Gasteiger partial charge in [-0.25, -0.2) is 4.79 Å². The number of cyclic esters (lactones) is 1. The van der Waals surface area contributed by atoms with Crippen molar-refractivity contribution in [3.8, 4) is 5.75 Å². The van der Waals surface area contributed by atoms with E-state index < -0.39 is 38.7 Å². The number of ether oxygens (including phenoxy) is 2. The Labute approximate surface area is 130 Å². The number of benzene rings is 1. The van der Waals surface area contributed by atoms with Crippen LogP contribution in [0.4, 0.5) is 13.2 Å². The number of rotatable bonds is 3. The van der Waals surface area contributed by atoms with E-state index in [1.807, 2.05) is 0 Å². The molecule has 1 fully saturated rings. The van der Waals surface area contributed by atoms with Gasteiger partial charge in [0.15, 0.2) is 5.60 Å². The van der Waals surface area contributed by atoms with Crippen molar-refractivity contribution >= 4 is 16.1 Å². The summed E-state index contributed by atoms with van der Waals surface area (Å²) in [5.41, 5.74) is -6.70. The second-order valence-electron chi connectivity index (χ2n) is 5.43. The van der Waals surface area contributed by atoms with Crippen LogP contribution >= 0.6 is 0 Å². The minimum atomic E-state index is -5.75. The maximum atomic E-state index is 12.2. The fourth-order valence-corrected chi connectivity index (χ4v) is 2.51. The zero-order valence-corrected chi connectivity index (χ0v) is 13.1. The van der Waals surface area contributed by atoms with Crippen LogP contribution < -0.4 is 4.18 Å². The van der Waals surface area contributed by atoms with E-state index in [9.17, 15) is 26.4 Å². The van der Waals surface area contributed by atoms with Gasteiger partial charge in [-0.2, -0.15) is 21.6 Å². The molecule has 0 radical (unpaired) electrons. The Morgan fingerprint density at radius 1 is 1.09 bits per heavy atom. The quantitative estimate of drug-likeness (QED) is 0.471. The lowest BCUT2D eigenvalue weighted by atomic mass is 9.96. The standard InChI is InChI=1S/C13H13F3O6S/c1-11(2)20-10(17)12(3,22-11)8-4-6-9(7-5-8)21-23(18,19)13(14,15)16/h4-7H,1-3H3. The predicted octanol–water partition coefficient (Wildman–Crippen LogP) is 2.44. The van der Waals surface area contributed by atoms with E-state index in [-0.39, 0.29) is 5.56 Å². The van der Waals surface area contributed by atoms with Crippen LogP contribution in [0.5, 0.6) is 5.75 Å². The topological polar surface area (TPSA) is 78.9 Å². The van der Waals surface area contributed by atoms with Gasteiger partial charge in [0.05, 0.1) is 0 Å². The average Bonchev–Trinajstić information content (AvgIpc) is 2.57. The smallest absolute Gasteiger partial charge is 0.431 e. The van der Waals surface area contributed by atoms with E-state index in [2.05, 4.69) is 4.18 Å². The van der Waals surface area contributed by atoms with Crippen molar-refractivity contribution < 1.29 is 40.0 Å². The lowest BCUT2D eigenvalue weighted by Gasteiger charge is -2.22. The van der Waals surface area contributed by atoms with Crippen LogP contribution in [0, 0.1) is 0 Å². The van der Waals surface area contributed by atoms with Gasteiger partial charge in [-0.05, 0) is 24.6 Å². The Morgan fingerprint density at radius 3 is 2.00 bits per heavy atom. The second kappa shape index (κ2) is 5.10. The molecule has 0 aliphatic carbocycles. The highest BCUT2D eigenvalue weighted by Crippen LogP contribution is 2.40. The van der Waals surface area contributed by atoms with E-state index in [0.717, 1.165) is 12.1 Å². The molecule has 0 spiro atoms. The molecular formula is C13H13F3O6S. The van der Waals surface area contributed by atoms with E-state index in [0.29, 0.717) is 0 Å². The monoisotopic (exact) mass is 354 g/mol. The number of carbonyl (C=O) groups is 1. The summed E-state index contributed by atoms with van der Waals surface area (Å²) in [5, 5.41) is 0. The fraction of sp³-hybridized carbons (Fsp3) is 0.462. The summed E-state index contributed by atoms with van der Waals surface area (Å²) in [5.74, 6) is -2.36. The summed E-state index contributed by atoms with van der Waals surface area (Å²) in [6.07, 6.45) is 0. The lowest BCUT2D eigenvalue weighted by molar-refractivity contribution is -0.165. The van der Waals surface area contributed by atoms with Crippen LogP contribution in [0.25, 0.3) is 0 Å². The van der Waals surface area contributed by atoms with E-state index in [1.165, 1.54) is 32.9 Å². The lowest BCUT2D eigenvalue weighted by Crippen LogP contribution is -2.31. The first-order valence-corrected chi connectivity index (χ1v) is 7.73. The summed E-state index contributed by atoms with van der Waals surface area (Å²) < 4.78 is 73.1. The Morgan fingerprint density at radius 2 is 1.61 bits per heavy atom. The molecule has 0 bridgehead atoms. The number of alkyl halides is 3. The first-order valence-electron chi connectivity index (χ1n) is 6.32. The minimum absolute atomic E-state index is 0.282. The van der Waals surface area contributed by atoms with Crippen LogP contribution in [-0.2, 0) is 30.0 Å². The Bertz CT molecular complexity index is 723. The Hall–Kier alpha value is -1.81. The molecule has 1 atom stereocenters. The van der Waals surface area contributed by atoms with Crippen molar-refractivity contribution in [2.75, 3.05) is 0 Å². The third kappa shape index (κ3) is 3.27. The molecule has 1 heterocycles. The van der Waals surface area contributed by atoms with Crippen molar-refractivity contribution in [1.82, 2.24) is 0 Å². The molecule has 1 saturated heterocycles. The molecule has 0 amide bonds. The maximum absolute atomic E-state index is 12.2. The van der Waals surface area contributed by atoms with E-state index in [1.54, 1.807) is 0 Å². The highest BCUT2D eigenvalue weighted by Gasteiger charge is 2.52. The van der Waals surface area contributed by atoms with E-state index in [4.69, 9.17) is 9.47 Å². The van der Waals surface area contributed by atoms with Crippen LogP contribution in [0.1, 0.15) is 26.3 Å². The van der Waals surface area contributed by atoms with Gasteiger partial charge in [0.2, 0.25) is 5.79 Å². The van der Waals surface area contributed by atoms with Crippen LogP contribution in [-0.4, -0.2) is 25.7 Å². The molecule has 1 aliphatic rings. The van der Waals surface area contributed by atoms with Gasteiger partial charge < -0.3 is 13.7 Å². The first kappa shape index (κ1) is 17.5. The van der Waals surface area contributed by atoms with Gasteiger partial charge in [-0.3, -0.25) is 0 Å². The molecule has 10 heteroatoms. The maximum Gasteiger partial charge on any atom is 0.534 e. The normalized spacial score (nSPS) is 24.3. The molecule has 1 aromatic rings. The minimum Gasteiger partial charge on any atom is -0.431 e. The molecule has 1 aliphatic heterocycles. The third-order valence-corrected chi connectivity index (χ3v) is 4.05. The highest BCUT2D eigenvalue weighted by molar-refractivity contribution is 7.87. The van der Waals surface area contributed by atoms with Gasteiger partial charge in [0.25, 0.3) is 0 Å². The summed E-state index contributed by atoms with van der Waals surface area (Å²) in [6.45, 7) is 4.50. The largest absolute Gasteiger partial charge is 0.534 e. The number of hydrogen-bond acceptors (Lipinski definition) is 6. The van der Waals surface area contributed by atoms with Gasteiger partial charge in [-0.1, -0.05) is 12.1 Å². The average molecular weight is 354 g/mol. The van der Waals surface area contributed by atoms with Gasteiger partial charge in [0.1, 0.15) is 5.75 Å². The number of hydrogen-bond donors (Lipinski definition) is 0. The molecule has 0 aromatic heterocycles. The van der Waals surface area contributed by atoms with Crippen LogP contribution in [0.2, 0.25) is 0 Å². The predicted molar refractivity (Wildman–Crippen MR) is 70.7 cm³/mol. The van der Waals surface area contributed by atoms with Crippen molar-refractivity contribution in [3.05, 3.63) is 29.8 Å². The molecule has 0 N–H and O–H groups in total.